The van der Waals surface area contributed by atoms with Crippen molar-refractivity contribution in [2.75, 3.05) is 13.2 Å². The quantitative estimate of drug-likeness (QED) is 0.515. The monoisotopic (exact) mass is 459 g/mol. The fraction of sp³-hybridized carbons (Fsp3) is 0.789. The maximum absolute atomic E-state index is 10.6. The van der Waals surface area contributed by atoms with Crippen LogP contribution in [0.25, 0.3) is 0 Å². The molecular formula is C19H28F3N7O3. The first-order valence-electron chi connectivity index (χ1n) is 10.4. The van der Waals surface area contributed by atoms with E-state index in [1.165, 1.54) is 0 Å². The van der Waals surface area contributed by atoms with Gasteiger partial charge in [0.05, 0.1) is 6.10 Å². The number of halogens is 3. The van der Waals surface area contributed by atoms with Gasteiger partial charge in [-0.25, -0.2) is 9.48 Å². The number of tetrazole rings is 1. The third kappa shape index (κ3) is 6.46. The van der Waals surface area contributed by atoms with E-state index >= 15 is 0 Å². The zero-order valence-electron chi connectivity index (χ0n) is 18.1. The minimum atomic E-state index is -5.08. The molecule has 0 amide bonds. The van der Waals surface area contributed by atoms with Crippen LogP contribution in [-0.2, 0) is 21.6 Å². The van der Waals surface area contributed by atoms with E-state index in [-0.39, 0.29) is 17.3 Å². The summed E-state index contributed by atoms with van der Waals surface area (Å²) in [6.45, 7) is 6.54. The van der Waals surface area contributed by atoms with Crippen molar-refractivity contribution in [3.8, 4) is 12.3 Å². The maximum Gasteiger partial charge on any atom is 0.490 e. The van der Waals surface area contributed by atoms with Gasteiger partial charge in [-0.2, -0.15) is 23.4 Å². The Morgan fingerprint density at radius 1 is 1.41 bits per heavy atom. The van der Waals surface area contributed by atoms with E-state index in [0.29, 0.717) is 13.0 Å². The Kier molecular flexibility index (Phi) is 8.68. The number of aryl methyl sites for hydroxylation is 1. The highest BCUT2D eigenvalue weighted by molar-refractivity contribution is 5.73. The topological polar surface area (TPSA) is 127 Å². The van der Waals surface area contributed by atoms with Gasteiger partial charge in [-0.15, -0.1) is 17.4 Å². The van der Waals surface area contributed by atoms with Crippen LogP contribution >= 0.6 is 0 Å². The van der Waals surface area contributed by atoms with Crippen molar-refractivity contribution in [1.29, 1.82) is 0 Å². The number of carboxylic acid groups (broad SMARTS) is 1. The molecule has 13 heteroatoms. The van der Waals surface area contributed by atoms with Crippen LogP contribution < -0.4 is 5.32 Å². The molecule has 2 aliphatic rings. The first-order valence-corrected chi connectivity index (χ1v) is 10.4. The number of hydrogen-bond donors (Lipinski definition) is 2. The molecule has 1 aromatic heterocycles. The molecule has 1 fully saturated rings. The zero-order chi connectivity index (χ0) is 23.8. The summed E-state index contributed by atoms with van der Waals surface area (Å²) in [4.78, 5) is 8.90. The molecule has 3 heterocycles. The molecule has 0 aromatic carbocycles. The van der Waals surface area contributed by atoms with E-state index in [0.717, 1.165) is 51.0 Å². The van der Waals surface area contributed by atoms with Crippen LogP contribution in [0.4, 0.5) is 13.2 Å². The second-order valence-electron chi connectivity index (χ2n) is 7.68. The Labute approximate surface area is 184 Å². The van der Waals surface area contributed by atoms with E-state index < -0.39 is 12.1 Å². The lowest BCUT2D eigenvalue weighted by atomic mass is 9.90. The molecule has 2 N–H and O–H groups in total. The molecule has 3 rings (SSSR count). The standard InChI is InChI=1S/C17H27N7O.C2HF3O2/c1-4-6-8-16(20-21-16)9-11-18-17(10-13-25-14(17)3)15-19-22-23-24(15)12-7-5-2;3-2(4,5)1(6)7/h1,14,18H,5-13H2,2-3H3;(H,6,7). The van der Waals surface area contributed by atoms with Crippen LogP contribution in [0.1, 0.15) is 58.2 Å². The second-order valence-corrected chi connectivity index (χ2v) is 7.68. The van der Waals surface area contributed by atoms with Gasteiger partial charge in [0.15, 0.2) is 11.5 Å². The summed E-state index contributed by atoms with van der Waals surface area (Å²) in [6.07, 6.45) is 5.65. The van der Waals surface area contributed by atoms with Gasteiger partial charge < -0.3 is 15.2 Å². The molecule has 0 bridgehead atoms. The number of ether oxygens (including phenoxy) is 1. The molecule has 2 unspecified atom stereocenters. The molecule has 10 nitrogen and oxygen atoms in total. The van der Waals surface area contributed by atoms with Crippen LogP contribution in [-0.4, -0.2) is 62.4 Å². The highest BCUT2D eigenvalue weighted by Crippen LogP contribution is 2.38. The lowest BCUT2D eigenvalue weighted by Crippen LogP contribution is -2.50. The number of unbranched alkanes of at least 4 members (excludes halogenated alkanes) is 1. The molecule has 2 atom stereocenters. The number of terminal acetylenes is 1. The van der Waals surface area contributed by atoms with Crippen LogP contribution in [0.2, 0.25) is 0 Å². The van der Waals surface area contributed by atoms with Gasteiger partial charge in [0.1, 0.15) is 5.54 Å². The molecule has 0 aliphatic carbocycles. The third-order valence-electron chi connectivity index (χ3n) is 5.47. The van der Waals surface area contributed by atoms with Crippen LogP contribution in [0.3, 0.4) is 0 Å². The van der Waals surface area contributed by atoms with Gasteiger partial charge in [0.2, 0.25) is 0 Å². The predicted octanol–water partition coefficient (Wildman–Crippen LogP) is 2.67. The number of carboxylic acids is 1. The van der Waals surface area contributed by atoms with Crippen molar-refractivity contribution in [1.82, 2.24) is 25.5 Å². The summed E-state index contributed by atoms with van der Waals surface area (Å²) in [6, 6.07) is 0. The van der Waals surface area contributed by atoms with Crippen molar-refractivity contribution >= 4 is 5.97 Å². The summed E-state index contributed by atoms with van der Waals surface area (Å²) < 4.78 is 39.5. The minimum Gasteiger partial charge on any atom is -0.475 e. The predicted molar refractivity (Wildman–Crippen MR) is 106 cm³/mol. The van der Waals surface area contributed by atoms with Crippen LogP contribution in [0, 0.1) is 12.3 Å². The average Bonchev–Trinajstić information content (AvgIpc) is 3.16. The number of nitrogens with one attached hydrogen (secondary N) is 1. The number of alkyl halides is 3. The number of hydrogen-bond acceptors (Lipinski definition) is 8. The summed E-state index contributed by atoms with van der Waals surface area (Å²) >= 11 is 0. The molecule has 1 saturated heterocycles. The minimum absolute atomic E-state index is 0.00798. The normalized spacial score (nSPS) is 23.3. The van der Waals surface area contributed by atoms with Gasteiger partial charge in [0, 0.05) is 39.0 Å². The summed E-state index contributed by atoms with van der Waals surface area (Å²) in [5.74, 6) is 0.781. The number of carbonyl (C=O) groups is 1. The van der Waals surface area contributed by atoms with Crippen molar-refractivity contribution in [2.45, 2.75) is 82.4 Å². The SMILES string of the molecule is C#CCCC1(CCNC2(c3nnnn3CCCC)CCOC2C)N=N1.O=C(O)C(F)(F)F. The number of aliphatic carboxylic acids is 1. The van der Waals surface area contributed by atoms with Crippen LogP contribution in [0.5, 0.6) is 0 Å². The third-order valence-corrected chi connectivity index (χ3v) is 5.47. The summed E-state index contributed by atoms with van der Waals surface area (Å²) in [5, 5.41) is 31.7. The Balaban J connectivity index is 0.000000451. The van der Waals surface area contributed by atoms with E-state index in [2.05, 4.69) is 50.8 Å². The lowest BCUT2D eigenvalue weighted by molar-refractivity contribution is -0.192. The van der Waals surface area contributed by atoms with Gasteiger partial charge >= 0.3 is 12.1 Å². The fourth-order valence-corrected chi connectivity index (χ4v) is 3.48. The first-order chi connectivity index (χ1) is 15.1. The van der Waals surface area contributed by atoms with Crippen molar-refractivity contribution in [3.63, 3.8) is 0 Å². The van der Waals surface area contributed by atoms with E-state index in [9.17, 15) is 13.2 Å². The molecule has 178 valence electrons. The summed E-state index contributed by atoms with van der Waals surface area (Å²) in [7, 11) is 0. The maximum atomic E-state index is 10.6. The second kappa shape index (κ2) is 10.8. The Hall–Kier alpha value is -2.59. The van der Waals surface area contributed by atoms with Gasteiger partial charge in [-0.1, -0.05) is 13.3 Å². The van der Waals surface area contributed by atoms with E-state index in [1.807, 2.05) is 4.68 Å². The van der Waals surface area contributed by atoms with E-state index in [1.54, 1.807) is 0 Å². The lowest BCUT2D eigenvalue weighted by Gasteiger charge is -2.32. The van der Waals surface area contributed by atoms with Crippen molar-refractivity contribution in [2.24, 2.45) is 10.2 Å². The first kappa shape index (κ1) is 25.7. The number of nitrogens with zero attached hydrogens (tertiary/aromatic N) is 6. The average molecular weight is 459 g/mol. The van der Waals surface area contributed by atoms with Crippen LogP contribution in [0.15, 0.2) is 10.2 Å². The number of aromatic nitrogens is 4. The molecular weight excluding hydrogens is 431 g/mol. The van der Waals surface area contributed by atoms with Gasteiger partial charge in [-0.3, -0.25) is 0 Å². The summed E-state index contributed by atoms with van der Waals surface area (Å²) in [5.41, 5.74) is -0.642. The number of rotatable bonds is 10. The van der Waals surface area contributed by atoms with Crippen molar-refractivity contribution < 1.29 is 27.8 Å². The Bertz CT molecular complexity index is 831. The molecule has 0 radical (unpaired) electrons. The fourth-order valence-electron chi connectivity index (χ4n) is 3.48. The smallest absolute Gasteiger partial charge is 0.475 e. The molecule has 1 aromatic rings. The molecule has 2 aliphatic heterocycles. The van der Waals surface area contributed by atoms with E-state index in [4.69, 9.17) is 21.1 Å². The largest absolute Gasteiger partial charge is 0.490 e. The highest BCUT2D eigenvalue weighted by Gasteiger charge is 2.48. The molecule has 0 spiro atoms. The molecule has 32 heavy (non-hydrogen) atoms. The molecule has 0 saturated carbocycles. The van der Waals surface area contributed by atoms with Gasteiger partial charge in [-0.05, 0) is 30.2 Å². The van der Waals surface area contributed by atoms with Crippen molar-refractivity contribution in [3.05, 3.63) is 5.82 Å². The van der Waals surface area contributed by atoms with Gasteiger partial charge in [0.25, 0.3) is 0 Å². The highest BCUT2D eigenvalue weighted by atomic mass is 19.4. The Morgan fingerprint density at radius 3 is 2.59 bits per heavy atom. The Morgan fingerprint density at radius 2 is 2.09 bits per heavy atom. The zero-order valence-corrected chi connectivity index (χ0v) is 18.1.